The summed E-state index contributed by atoms with van der Waals surface area (Å²) >= 11 is 0. The number of nitrogens with two attached hydrogens (primary N) is 3. The van der Waals surface area contributed by atoms with Crippen molar-refractivity contribution >= 4 is 11.9 Å². The Bertz CT molecular complexity index is 532. The van der Waals surface area contributed by atoms with Crippen molar-refractivity contribution in [2.45, 2.75) is 19.4 Å². The summed E-state index contributed by atoms with van der Waals surface area (Å²) in [5.74, 6) is 0.716. The molecule has 20 heavy (non-hydrogen) atoms. The molecule has 1 aromatic rings. The number of nitrogens with one attached hydrogen (secondary N) is 1. The quantitative estimate of drug-likeness (QED) is 0.456. The Hall–Kier alpha value is -2.24. The van der Waals surface area contributed by atoms with E-state index in [1.807, 2.05) is 7.05 Å². The van der Waals surface area contributed by atoms with Gasteiger partial charge in [-0.2, -0.15) is 0 Å². The Morgan fingerprint density at radius 3 is 2.65 bits per heavy atom. The molecule has 0 amide bonds. The standard InChI is InChI=1S/C14H22N6/c1-20(14(17)18)8-9-2-3-11-5-10(6-12(11)4-9)7-19-13(15)16/h2-4,10H,5-8H2,1H3,(H3,17,18)(H4,15,16,19)/t10-/m0/s1. The van der Waals surface area contributed by atoms with Crippen LogP contribution < -0.4 is 17.2 Å². The van der Waals surface area contributed by atoms with Crippen LogP contribution in [0, 0.1) is 11.3 Å². The van der Waals surface area contributed by atoms with Gasteiger partial charge < -0.3 is 22.1 Å². The smallest absolute Gasteiger partial charge is 0.188 e. The van der Waals surface area contributed by atoms with E-state index >= 15 is 0 Å². The summed E-state index contributed by atoms with van der Waals surface area (Å²) < 4.78 is 0. The highest BCUT2D eigenvalue weighted by Gasteiger charge is 2.21. The summed E-state index contributed by atoms with van der Waals surface area (Å²) in [6, 6.07) is 6.46. The molecule has 2 rings (SSSR count). The Morgan fingerprint density at radius 2 is 2.00 bits per heavy atom. The fraction of sp³-hybridized carbons (Fsp3) is 0.429. The van der Waals surface area contributed by atoms with Gasteiger partial charge in [0, 0.05) is 20.1 Å². The van der Waals surface area contributed by atoms with E-state index in [-0.39, 0.29) is 11.9 Å². The van der Waals surface area contributed by atoms with E-state index in [0.717, 1.165) is 12.8 Å². The molecule has 1 aliphatic carbocycles. The van der Waals surface area contributed by atoms with E-state index in [9.17, 15) is 0 Å². The Morgan fingerprint density at radius 1 is 1.30 bits per heavy atom. The van der Waals surface area contributed by atoms with Crippen molar-refractivity contribution in [3.8, 4) is 0 Å². The molecule has 108 valence electrons. The predicted octanol–water partition coefficient (Wildman–Crippen LogP) is 0.0000700. The van der Waals surface area contributed by atoms with E-state index < -0.39 is 0 Å². The van der Waals surface area contributed by atoms with Gasteiger partial charge in [0.05, 0.1) is 0 Å². The Balaban J connectivity index is 2.03. The maximum absolute atomic E-state index is 7.40. The van der Waals surface area contributed by atoms with Crippen molar-refractivity contribution < 1.29 is 0 Å². The molecule has 0 bridgehead atoms. The second-order valence-electron chi connectivity index (χ2n) is 5.38. The summed E-state index contributed by atoms with van der Waals surface area (Å²) in [4.78, 5) is 5.82. The molecular formula is C14H22N6. The van der Waals surface area contributed by atoms with Crippen molar-refractivity contribution in [2.75, 3.05) is 13.6 Å². The summed E-state index contributed by atoms with van der Waals surface area (Å²) in [7, 11) is 1.82. The third kappa shape index (κ3) is 3.40. The molecule has 0 aromatic heterocycles. The van der Waals surface area contributed by atoms with E-state index in [4.69, 9.17) is 22.6 Å². The van der Waals surface area contributed by atoms with Gasteiger partial charge in [-0.15, -0.1) is 0 Å². The summed E-state index contributed by atoms with van der Waals surface area (Å²) in [5, 5.41) is 7.40. The highest BCUT2D eigenvalue weighted by molar-refractivity contribution is 5.75. The molecule has 1 atom stereocenters. The van der Waals surface area contributed by atoms with E-state index in [0.29, 0.717) is 19.0 Å². The predicted molar refractivity (Wildman–Crippen MR) is 81.4 cm³/mol. The monoisotopic (exact) mass is 274 g/mol. The molecule has 0 heterocycles. The molecule has 0 saturated heterocycles. The summed E-state index contributed by atoms with van der Waals surface area (Å²) in [5.41, 5.74) is 20.1. The first-order valence-corrected chi connectivity index (χ1v) is 6.67. The van der Waals surface area contributed by atoms with Gasteiger partial charge in [0.15, 0.2) is 11.9 Å². The molecule has 6 nitrogen and oxygen atoms in total. The molecule has 6 heteroatoms. The zero-order valence-corrected chi connectivity index (χ0v) is 11.8. The van der Waals surface area contributed by atoms with Crippen LogP contribution in [-0.4, -0.2) is 30.4 Å². The molecule has 0 radical (unpaired) electrons. The Labute approximate surface area is 119 Å². The molecule has 0 fully saturated rings. The van der Waals surface area contributed by atoms with Gasteiger partial charge in [-0.3, -0.25) is 10.4 Å². The average Bonchev–Trinajstić information content (AvgIpc) is 2.78. The van der Waals surface area contributed by atoms with Crippen molar-refractivity contribution in [2.24, 2.45) is 28.1 Å². The molecule has 0 saturated carbocycles. The summed E-state index contributed by atoms with van der Waals surface area (Å²) in [6.07, 6.45) is 2.03. The summed E-state index contributed by atoms with van der Waals surface area (Å²) in [6.45, 7) is 1.33. The first-order valence-electron chi connectivity index (χ1n) is 6.67. The number of guanidine groups is 2. The number of rotatable bonds is 4. The van der Waals surface area contributed by atoms with Crippen LogP contribution in [0.4, 0.5) is 0 Å². The second kappa shape index (κ2) is 5.81. The number of nitrogens with zero attached hydrogens (tertiary/aromatic N) is 2. The molecule has 1 aromatic carbocycles. The van der Waals surface area contributed by atoms with Crippen molar-refractivity contribution in [3.63, 3.8) is 0 Å². The van der Waals surface area contributed by atoms with Gasteiger partial charge in [-0.25, -0.2) is 0 Å². The van der Waals surface area contributed by atoms with E-state index in [1.165, 1.54) is 16.7 Å². The largest absolute Gasteiger partial charge is 0.370 e. The lowest BCUT2D eigenvalue weighted by Gasteiger charge is -2.17. The topological polar surface area (TPSA) is 118 Å². The van der Waals surface area contributed by atoms with Gasteiger partial charge in [-0.1, -0.05) is 18.2 Å². The zero-order valence-electron chi connectivity index (χ0n) is 11.8. The fourth-order valence-corrected chi connectivity index (χ4v) is 2.58. The minimum Gasteiger partial charge on any atom is -0.370 e. The van der Waals surface area contributed by atoms with Crippen molar-refractivity contribution in [1.29, 1.82) is 5.41 Å². The third-order valence-electron chi connectivity index (χ3n) is 3.65. The van der Waals surface area contributed by atoms with Gasteiger partial charge in [0.2, 0.25) is 0 Å². The van der Waals surface area contributed by atoms with Gasteiger partial charge in [-0.05, 0) is 35.4 Å². The number of benzene rings is 1. The van der Waals surface area contributed by atoms with Crippen LogP contribution in [0.15, 0.2) is 23.2 Å². The maximum Gasteiger partial charge on any atom is 0.188 e. The minimum absolute atomic E-state index is 0.0798. The van der Waals surface area contributed by atoms with Crippen LogP contribution >= 0.6 is 0 Å². The first kappa shape index (κ1) is 14.2. The normalized spacial score (nSPS) is 16.6. The number of aliphatic imine (C=N–C) groups is 1. The molecule has 0 unspecified atom stereocenters. The zero-order chi connectivity index (χ0) is 14.7. The van der Waals surface area contributed by atoms with E-state index in [2.05, 4.69) is 23.2 Å². The molecular weight excluding hydrogens is 252 g/mol. The number of hydrogen-bond donors (Lipinski definition) is 4. The number of fused-ring (bicyclic) bond motifs is 1. The number of hydrogen-bond acceptors (Lipinski definition) is 2. The van der Waals surface area contributed by atoms with Crippen LogP contribution in [0.25, 0.3) is 0 Å². The molecule has 0 aliphatic heterocycles. The Kier molecular flexibility index (Phi) is 4.12. The van der Waals surface area contributed by atoms with Crippen LogP contribution in [0.1, 0.15) is 16.7 Å². The van der Waals surface area contributed by atoms with Crippen molar-refractivity contribution in [1.82, 2.24) is 4.90 Å². The SMILES string of the molecule is CN(Cc1ccc2c(c1)C[C@@H](CN=C(N)N)C2)C(=N)N. The van der Waals surface area contributed by atoms with Crippen LogP contribution in [0.5, 0.6) is 0 Å². The lowest BCUT2D eigenvalue weighted by Crippen LogP contribution is -2.32. The van der Waals surface area contributed by atoms with Crippen LogP contribution in [0.2, 0.25) is 0 Å². The second-order valence-corrected chi connectivity index (χ2v) is 5.38. The van der Waals surface area contributed by atoms with Crippen LogP contribution in [-0.2, 0) is 19.4 Å². The average molecular weight is 274 g/mol. The maximum atomic E-state index is 7.40. The van der Waals surface area contributed by atoms with Gasteiger partial charge in [0.1, 0.15) is 0 Å². The fourth-order valence-electron chi connectivity index (χ4n) is 2.58. The van der Waals surface area contributed by atoms with Gasteiger partial charge in [0.25, 0.3) is 0 Å². The minimum atomic E-state index is 0.0798. The molecule has 0 spiro atoms. The van der Waals surface area contributed by atoms with Gasteiger partial charge >= 0.3 is 0 Å². The highest BCUT2D eigenvalue weighted by Crippen LogP contribution is 2.28. The van der Waals surface area contributed by atoms with Crippen molar-refractivity contribution in [3.05, 3.63) is 34.9 Å². The first-order chi connectivity index (χ1) is 9.45. The molecule has 1 aliphatic rings. The van der Waals surface area contributed by atoms with E-state index in [1.54, 1.807) is 4.90 Å². The lowest BCUT2D eigenvalue weighted by molar-refractivity contribution is 0.491. The highest BCUT2D eigenvalue weighted by atomic mass is 15.2. The lowest BCUT2D eigenvalue weighted by atomic mass is 10.1. The third-order valence-corrected chi connectivity index (χ3v) is 3.65. The molecule has 7 N–H and O–H groups in total. The van der Waals surface area contributed by atoms with Crippen LogP contribution in [0.3, 0.4) is 0 Å².